The predicted molar refractivity (Wildman–Crippen MR) is 79.1 cm³/mol. The second kappa shape index (κ2) is 6.35. The Labute approximate surface area is 120 Å². The molecule has 0 aliphatic heterocycles. The van der Waals surface area contributed by atoms with Crippen molar-refractivity contribution in [2.24, 2.45) is 5.41 Å². The number of nitrogens with one attached hydrogen (secondary N) is 2. The third-order valence-corrected chi connectivity index (χ3v) is 4.16. The van der Waals surface area contributed by atoms with Gasteiger partial charge in [0.15, 0.2) is 0 Å². The van der Waals surface area contributed by atoms with Crippen LogP contribution in [0.5, 0.6) is 0 Å². The fourth-order valence-electron chi connectivity index (χ4n) is 2.85. The third kappa shape index (κ3) is 3.79. The first-order chi connectivity index (χ1) is 9.49. The molecule has 110 valence electrons. The molecule has 2 rings (SSSR count). The highest BCUT2D eigenvalue weighted by atomic mass is 19.1. The minimum absolute atomic E-state index is 0.198. The molecule has 0 heterocycles. The van der Waals surface area contributed by atoms with E-state index in [1.807, 2.05) is 0 Å². The zero-order chi connectivity index (χ0) is 14.6. The number of carbonyl (C=O) groups excluding carboxylic acids is 1. The highest BCUT2D eigenvalue weighted by Gasteiger charge is 2.31. The normalized spacial score (nSPS) is 21.4. The Morgan fingerprint density at radius 1 is 1.35 bits per heavy atom. The van der Waals surface area contributed by atoms with Crippen molar-refractivity contribution >= 4 is 11.6 Å². The van der Waals surface area contributed by atoms with Crippen molar-refractivity contribution in [3.63, 3.8) is 0 Å². The zero-order valence-electron chi connectivity index (χ0n) is 12.2. The highest BCUT2D eigenvalue weighted by molar-refractivity contribution is 5.92. The number of benzene rings is 1. The van der Waals surface area contributed by atoms with Gasteiger partial charge in [-0.1, -0.05) is 38.8 Å². The molecule has 1 atom stereocenters. The van der Waals surface area contributed by atoms with E-state index in [0.29, 0.717) is 6.04 Å². The molecule has 20 heavy (non-hydrogen) atoms. The van der Waals surface area contributed by atoms with Gasteiger partial charge in [-0.05, 0) is 30.4 Å². The topological polar surface area (TPSA) is 41.1 Å². The summed E-state index contributed by atoms with van der Waals surface area (Å²) in [6.45, 7) is 4.69. The molecule has 2 N–H and O–H groups in total. The second-order valence-corrected chi connectivity index (χ2v) is 6.20. The van der Waals surface area contributed by atoms with Crippen molar-refractivity contribution < 1.29 is 9.18 Å². The highest BCUT2D eigenvalue weighted by Crippen LogP contribution is 2.35. The molecular formula is C16H23FN2O. The number of hydrogen-bond acceptors (Lipinski definition) is 2. The van der Waals surface area contributed by atoms with Crippen LogP contribution >= 0.6 is 0 Å². The van der Waals surface area contributed by atoms with Crippen molar-refractivity contribution in [2.45, 2.75) is 45.6 Å². The predicted octanol–water partition coefficient (Wildman–Crippen LogP) is 3.32. The summed E-state index contributed by atoms with van der Waals surface area (Å²) >= 11 is 0. The van der Waals surface area contributed by atoms with Crippen molar-refractivity contribution in [1.29, 1.82) is 0 Å². The van der Waals surface area contributed by atoms with Gasteiger partial charge in [0.2, 0.25) is 5.91 Å². The average molecular weight is 278 g/mol. The lowest BCUT2D eigenvalue weighted by Crippen LogP contribution is -2.46. The summed E-state index contributed by atoms with van der Waals surface area (Å²) < 4.78 is 13.4. The summed E-state index contributed by atoms with van der Waals surface area (Å²) in [4.78, 5) is 11.9. The zero-order valence-corrected chi connectivity index (χ0v) is 12.2. The first-order valence-electron chi connectivity index (χ1n) is 7.27. The van der Waals surface area contributed by atoms with E-state index in [-0.39, 0.29) is 23.6 Å². The van der Waals surface area contributed by atoms with Gasteiger partial charge in [0.1, 0.15) is 5.82 Å². The number of carbonyl (C=O) groups is 1. The average Bonchev–Trinajstić information content (AvgIpc) is 2.40. The van der Waals surface area contributed by atoms with E-state index >= 15 is 0 Å². The van der Waals surface area contributed by atoms with Crippen LogP contribution in [0.25, 0.3) is 0 Å². The SMILES string of the molecule is CC1(C)CCCCC1NCC(=O)Nc1ccccc1F. The van der Waals surface area contributed by atoms with Gasteiger partial charge >= 0.3 is 0 Å². The largest absolute Gasteiger partial charge is 0.322 e. The first-order valence-corrected chi connectivity index (χ1v) is 7.27. The number of hydrogen-bond donors (Lipinski definition) is 2. The van der Waals surface area contributed by atoms with Crippen LogP contribution in [0.3, 0.4) is 0 Å². The number of amides is 1. The first kappa shape index (κ1) is 15.0. The molecule has 0 radical (unpaired) electrons. The molecule has 1 fully saturated rings. The van der Waals surface area contributed by atoms with Gasteiger partial charge in [-0.15, -0.1) is 0 Å². The van der Waals surface area contributed by atoms with Crippen molar-refractivity contribution in [3.05, 3.63) is 30.1 Å². The number of rotatable bonds is 4. The molecule has 4 heteroatoms. The molecule has 1 aromatic rings. The van der Waals surface area contributed by atoms with Crippen molar-refractivity contribution in [3.8, 4) is 0 Å². The second-order valence-electron chi connectivity index (χ2n) is 6.20. The Kier molecular flexibility index (Phi) is 4.76. The van der Waals surface area contributed by atoms with Crippen LogP contribution in [0.4, 0.5) is 10.1 Å². The Balaban J connectivity index is 1.85. The monoisotopic (exact) mass is 278 g/mol. The van der Waals surface area contributed by atoms with Crippen molar-refractivity contribution in [1.82, 2.24) is 5.32 Å². The molecule has 1 unspecified atom stereocenters. The van der Waals surface area contributed by atoms with Gasteiger partial charge < -0.3 is 10.6 Å². The molecule has 1 saturated carbocycles. The van der Waals surface area contributed by atoms with Crippen molar-refractivity contribution in [2.75, 3.05) is 11.9 Å². The lowest BCUT2D eigenvalue weighted by Gasteiger charge is -2.39. The summed E-state index contributed by atoms with van der Waals surface area (Å²) in [5.41, 5.74) is 0.457. The quantitative estimate of drug-likeness (QED) is 0.887. The molecule has 1 aliphatic rings. The van der Waals surface area contributed by atoms with Crippen LogP contribution in [0, 0.1) is 11.2 Å². The third-order valence-electron chi connectivity index (χ3n) is 4.16. The van der Waals surface area contributed by atoms with Crippen LogP contribution in [0.1, 0.15) is 39.5 Å². The Morgan fingerprint density at radius 3 is 2.80 bits per heavy atom. The van der Waals surface area contributed by atoms with Crippen LogP contribution in [0.15, 0.2) is 24.3 Å². The standard InChI is InChI=1S/C16H23FN2O/c1-16(2)10-6-5-9-14(16)18-11-15(20)19-13-8-4-3-7-12(13)17/h3-4,7-8,14,18H,5-6,9-11H2,1-2H3,(H,19,20). The maximum Gasteiger partial charge on any atom is 0.238 e. The van der Waals surface area contributed by atoms with Crippen LogP contribution in [-0.2, 0) is 4.79 Å². The minimum Gasteiger partial charge on any atom is -0.322 e. The molecule has 0 spiro atoms. The molecular weight excluding hydrogens is 255 g/mol. The van der Waals surface area contributed by atoms with Gasteiger partial charge in [0.05, 0.1) is 12.2 Å². The van der Waals surface area contributed by atoms with E-state index < -0.39 is 5.82 Å². The number of anilines is 1. The van der Waals surface area contributed by atoms with Gasteiger partial charge in [0, 0.05) is 6.04 Å². The summed E-state index contributed by atoms with van der Waals surface area (Å²) in [7, 11) is 0. The molecule has 0 aromatic heterocycles. The van der Waals surface area contributed by atoms with Gasteiger partial charge in [0.25, 0.3) is 0 Å². The fraction of sp³-hybridized carbons (Fsp3) is 0.562. The molecule has 3 nitrogen and oxygen atoms in total. The van der Waals surface area contributed by atoms with Crippen LogP contribution in [0.2, 0.25) is 0 Å². The summed E-state index contributed by atoms with van der Waals surface area (Å²) in [5.74, 6) is -0.602. The molecule has 1 aliphatic carbocycles. The Morgan fingerprint density at radius 2 is 2.10 bits per heavy atom. The molecule has 0 saturated heterocycles. The van der Waals surface area contributed by atoms with Gasteiger partial charge in [-0.3, -0.25) is 4.79 Å². The number of para-hydroxylation sites is 1. The van der Waals surface area contributed by atoms with E-state index in [2.05, 4.69) is 24.5 Å². The van der Waals surface area contributed by atoms with E-state index in [9.17, 15) is 9.18 Å². The lowest BCUT2D eigenvalue weighted by molar-refractivity contribution is -0.115. The maximum atomic E-state index is 13.4. The van der Waals surface area contributed by atoms with Crippen LogP contribution < -0.4 is 10.6 Å². The molecule has 1 amide bonds. The molecule has 0 bridgehead atoms. The smallest absolute Gasteiger partial charge is 0.238 e. The van der Waals surface area contributed by atoms with E-state index in [1.165, 1.54) is 25.3 Å². The van der Waals surface area contributed by atoms with E-state index in [1.54, 1.807) is 18.2 Å². The number of halogens is 1. The van der Waals surface area contributed by atoms with Crippen LogP contribution in [-0.4, -0.2) is 18.5 Å². The fourth-order valence-corrected chi connectivity index (χ4v) is 2.85. The summed E-state index contributed by atoms with van der Waals surface area (Å²) in [6.07, 6.45) is 4.74. The molecule has 1 aromatic carbocycles. The van der Waals surface area contributed by atoms with E-state index in [4.69, 9.17) is 0 Å². The van der Waals surface area contributed by atoms with Gasteiger partial charge in [-0.25, -0.2) is 4.39 Å². The Bertz CT molecular complexity index is 473. The minimum atomic E-state index is -0.404. The lowest BCUT2D eigenvalue weighted by atomic mass is 9.73. The Hall–Kier alpha value is -1.42. The van der Waals surface area contributed by atoms with E-state index in [0.717, 1.165) is 6.42 Å². The summed E-state index contributed by atoms with van der Waals surface area (Å²) in [5, 5.41) is 5.92. The maximum absolute atomic E-state index is 13.4. The van der Waals surface area contributed by atoms with Gasteiger partial charge in [-0.2, -0.15) is 0 Å². The summed E-state index contributed by atoms with van der Waals surface area (Å²) in [6, 6.07) is 6.57.